The molecule has 1 atom stereocenters. The van der Waals surface area contributed by atoms with E-state index >= 15 is 0 Å². The molecule has 160 valence electrons. The van der Waals surface area contributed by atoms with Crippen LogP contribution < -0.4 is 4.90 Å². The molecule has 0 radical (unpaired) electrons. The molecule has 7 heteroatoms. The average Bonchev–Trinajstić information content (AvgIpc) is 3.35. The van der Waals surface area contributed by atoms with Crippen LogP contribution in [0.1, 0.15) is 27.6 Å². The lowest BCUT2D eigenvalue weighted by Crippen LogP contribution is -2.27. The van der Waals surface area contributed by atoms with E-state index in [-0.39, 0.29) is 17.0 Å². The Hall–Kier alpha value is -3.45. The van der Waals surface area contributed by atoms with Crippen molar-refractivity contribution in [3.05, 3.63) is 107 Å². The maximum absolute atomic E-state index is 13.3. The zero-order chi connectivity index (χ0) is 22.1. The Balaban J connectivity index is 1.35. The van der Waals surface area contributed by atoms with E-state index in [0.29, 0.717) is 13.1 Å². The Morgan fingerprint density at radius 2 is 1.72 bits per heavy atom. The minimum absolute atomic E-state index is 0.00592. The number of para-hydroxylation sites is 1. The summed E-state index contributed by atoms with van der Waals surface area (Å²) < 4.78 is 15.1. The van der Waals surface area contributed by atoms with Crippen molar-refractivity contribution < 1.29 is 9.18 Å². The van der Waals surface area contributed by atoms with Gasteiger partial charge in [0.25, 0.3) is 0 Å². The van der Waals surface area contributed by atoms with Crippen LogP contribution in [0.3, 0.4) is 0 Å². The lowest BCUT2D eigenvalue weighted by Gasteiger charge is -2.16. The van der Waals surface area contributed by atoms with E-state index in [0.717, 1.165) is 27.4 Å². The van der Waals surface area contributed by atoms with Crippen LogP contribution in [-0.2, 0) is 17.9 Å². The number of halogens is 1. The molecule has 0 aliphatic carbocycles. The number of fused-ring (bicyclic) bond motifs is 1. The Kier molecular flexibility index (Phi) is 5.49. The van der Waals surface area contributed by atoms with Gasteiger partial charge in [0.05, 0.1) is 19.3 Å². The molecule has 3 aromatic carbocycles. The standard InChI is InChI=1S/C25H21FN4OS/c1-17-6-8-18(9-7-17)14-29-15-20(27-28-29)16-30-23-5-3-2-4-22(23)24(25(30)31)32-21-12-10-19(26)11-13-21/h2-13,15,24H,14,16H2,1H3. The van der Waals surface area contributed by atoms with Crippen LogP contribution in [0.4, 0.5) is 10.1 Å². The quantitative estimate of drug-likeness (QED) is 0.413. The van der Waals surface area contributed by atoms with Crippen LogP contribution in [0.15, 0.2) is 83.9 Å². The molecule has 32 heavy (non-hydrogen) atoms. The Morgan fingerprint density at radius 1 is 0.969 bits per heavy atom. The highest BCUT2D eigenvalue weighted by molar-refractivity contribution is 8.00. The first kappa shape index (κ1) is 20.5. The van der Waals surface area contributed by atoms with Crippen molar-refractivity contribution in [1.82, 2.24) is 15.0 Å². The van der Waals surface area contributed by atoms with Gasteiger partial charge in [-0.2, -0.15) is 0 Å². The van der Waals surface area contributed by atoms with Gasteiger partial charge in [0.2, 0.25) is 5.91 Å². The monoisotopic (exact) mass is 444 g/mol. The molecule has 1 aromatic heterocycles. The van der Waals surface area contributed by atoms with E-state index in [1.54, 1.807) is 21.7 Å². The van der Waals surface area contributed by atoms with Gasteiger partial charge < -0.3 is 4.90 Å². The zero-order valence-electron chi connectivity index (χ0n) is 17.5. The van der Waals surface area contributed by atoms with Crippen LogP contribution in [0, 0.1) is 12.7 Å². The molecule has 1 amide bonds. The van der Waals surface area contributed by atoms with Gasteiger partial charge in [-0.3, -0.25) is 4.79 Å². The number of carbonyl (C=O) groups is 1. The number of anilines is 1. The number of amides is 1. The molecule has 0 N–H and O–H groups in total. The smallest absolute Gasteiger partial charge is 0.245 e. The van der Waals surface area contributed by atoms with E-state index in [1.165, 1.54) is 29.5 Å². The number of rotatable bonds is 6. The van der Waals surface area contributed by atoms with Crippen molar-refractivity contribution >= 4 is 23.4 Å². The Labute approximate surface area is 189 Å². The van der Waals surface area contributed by atoms with E-state index in [1.807, 2.05) is 30.5 Å². The summed E-state index contributed by atoms with van der Waals surface area (Å²) in [7, 11) is 0. The van der Waals surface area contributed by atoms with Crippen molar-refractivity contribution in [3.63, 3.8) is 0 Å². The molecule has 0 fully saturated rings. The number of benzene rings is 3. The number of aryl methyl sites for hydroxylation is 1. The van der Waals surface area contributed by atoms with Gasteiger partial charge in [-0.05, 0) is 48.4 Å². The molecule has 0 saturated heterocycles. The predicted molar refractivity (Wildman–Crippen MR) is 123 cm³/mol. The minimum atomic E-state index is -0.376. The number of aromatic nitrogens is 3. The highest BCUT2D eigenvalue weighted by Gasteiger charge is 2.38. The maximum Gasteiger partial charge on any atom is 0.245 e. The van der Waals surface area contributed by atoms with Crippen LogP contribution in [-0.4, -0.2) is 20.9 Å². The van der Waals surface area contributed by atoms with Crippen molar-refractivity contribution in [1.29, 1.82) is 0 Å². The lowest BCUT2D eigenvalue weighted by atomic mass is 10.1. The van der Waals surface area contributed by atoms with Gasteiger partial charge in [0.1, 0.15) is 16.8 Å². The molecular formula is C25H21FN4OS. The number of thioether (sulfide) groups is 1. The largest absolute Gasteiger partial charge is 0.305 e. The van der Waals surface area contributed by atoms with Crippen molar-refractivity contribution in [2.75, 3.05) is 4.90 Å². The second-order valence-electron chi connectivity index (χ2n) is 7.83. The molecule has 0 spiro atoms. The average molecular weight is 445 g/mol. The fraction of sp³-hybridized carbons (Fsp3) is 0.160. The fourth-order valence-corrected chi connectivity index (χ4v) is 4.93. The number of carbonyl (C=O) groups excluding carboxylic acids is 1. The molecule has 2 heterocycles. The Morgan fingerprint density at radius 3 is 2.50 bits per heavy atom. The van der Waals surface area contributed by atoms with Gasteiger partial charge >= 0.3 is 0 Å². The number of hydrogen-bond acceptors (Lipinski definition) is 4. The van der Waals surface area contributed by atoms with Gasteiger partial charge in [0.15, 0.2) is 0 Å². The molecule has 1 aliphatic heterocycles. The summed E-state index contributed by atoms with van der Waals surface area (Å²) >= 11 is 1.43. The first-order valence-corrected chi connectivity index (χ1v) is 11.2. The molecule has 0 bridgehead atoms. The molecule has 5 nitrogen and oxygen atoms in total. The minimum Gasteiger partial charge on any atom is -0.305 e. The highest BCUT2D eigenvalue weighted by atomic mass is 32.2. The summed E-state index contributed by atoms with van der Waals surface area (Å²) in [5.74, 6) is -0.295. The van der Waals surface area contributed by atoms with Crippen molar-refractivity contribution in [2.45, 2.75) is 30.2 Å². The number of hydrogen-bond donors (Lipinski definition) is 0. The summed E-state index contributed by atoms with van der Waals surface area (Å²) in [4.78, 5) is 16.0. The molecule has 1 unspecified atom stereocenters. The summed E-state index contributed by atoms with van der Waals surface area (Å²) in [6, 6.07) is 22.3. The zero-order valence-corrected chi connectivity index (χ0v) is 18.3. The van der Waals surface area contributed by atoms with Crippen molar-refractivity contribution in [2.24, 2.45) is 0 Å². The third-order valence-corrected chi connectivity index (χ3v) is 6.67. The molecular weight excluding hydrogens is 423 g/mol. The molecule has 0 saturated carbocycles. The van der Waals surface area contributed by atoms with E-state index < -0.39 is 0 Å². The summed E-state index contributed by atoms with van der Waals surface area (Å²) in [5.41, 5.74) is 4.93. The van der Waals surface area contributed by atoms with Crippen molar-refractivity contribution in [3.8, 4) is 0 Å². The van der Waals surface area contributed by atoms with Gasteiger partial charge in [-0.25, -0.2) is 9.07 Å². The second-order valence-corrected chi connectivity index (χ2v) is 9.01. The SMILES string of the molecule is Cc1ccc(Cn2cc(CN3C(=O)C(Sc4ccc(F)cc4)c4ccccc43)nn2)cc1. The third kappa shape index (κ3) is 4.16. The Bertz CT molecular complexity index is 1250. The highest BCUT2D eigenvalue weighted by Crippen LogP contribution is 2.46. The number of nitrogens with zero attached hydrogens (tertiary/aromatic N) is 4. The van der Waals surface area contributed by atoms with E-state index in [4.69, 9.17) is 0 Å². The topological polar surface area (TPSA) is 51.0 Å². The normalized spacial score (nSPS) is 15.2. The van der Waals surface area contributed by atoms with E-state index in [2.05, 4.69) is 41.5 Å². The van der Waals surface area contributed by atoms with Crippen LogP contribution in [0.25, 0.3) is 0 Å². The summed E-state index contributed by atoms with van der Waals surface area (Å²) in [5, 5.41) is 8.15. The molecule has 4 aromatic rings. The predicted octanol–water partition coefficient (Wildman–Crippen LogP) is 5.15. The summed E-state index contributed by atoms with van der Waals surface area (Å²) in [6.45, 7) is 3.04. The lowest BCUT2D eigenvalue weighted by molar-refractivity contribution is -0.117. The fourth-order valence-electron chi connectivity index (χ4n) is 3.81. The van der Waals surface area contributed by atoms with E-state index in [9.17, 15) is 9.18 Å². The molecule has 5 rings (SSSR count). The first-order valence-electron chi connectivity index (χ1n) is 10.3. The first-order chi connectivity index (χ1) is 15.6. The third-order valence-electron chi connectivity index (χ3n) is 5.44. The summed E-state index contributed by atoms with van der Waals surface area (Å²) in [6.07, 6.45) is 1.89. The van der Waals surface area contributed by atoms with Crippen LogP contribution in [0.2, 0.25) is 0 Å². The maximum atomic E-state index is 13.3. The van der Waals surface area contributed by atoms with Gasteiger partial charge in [-0.1, -0.05) is 53.2 Å². The van der Waals surface area contributed by atoms with Gasteiger partial charge in [-0.15, -0.1) is 16.9 Å². The van der Waals surface area contributed by atoms with Crippen LogP contribution in [0.5, 0.6) is 0 Å². The van der Waals surface area contributed by atoms with Gasteiger partial charge in [0, 0.05) is 10.6 Å². The van der Waals surface area contributed by atoms with Crippen LogP contribution >= 0.6 is 11.8 Å². The molecule has 1 aliphatic rings. The second kappa shape index (κ2) is 8.59.